The Bertz CT molecular complexity index is 1030. The molecule has 0 aromatic carbocycles. The molecular weight excluding hydrogens is 332 g/mol. The lowest BCUT2D eigenvalue weighted by molar-refractivity contribution is 0.564. The van der Waals surface area contributed by atoms with Gasteiger partial charge in [0.15, 0.2) is 5.82 Å². The van der Waals surface area contributed by atoms with Crippen LogP contribution in [0.5, 0.6) is 0 Å². The van der Waals surface area contributed by atoms with Crippen molar-refractivity contribution in [3.05, 3.63) is 44.2 Å². The normalized spacial score (nSPS) is 13.1. The van der Waals surface area contributed by atoms with Crippen molar-refractivity contribution in [2.24, 2.45) is 7.05 Å². The SMILES string of the molecule is CC(NCc1nnc2n(C)c(=O)c3sccc3n12)c1cncs1. The Morgan fingerprint density at radius 1 is 1.35 bits per heavy atom. The fraction of sp³-hybridized carbons (Fsp3) is 0.286. The third kappa shape index (κ3) is 2.28. The molecule has 0 fully saturated rings. The zero-order valence-corrected chi connectivity index (χ0v) is 14.2. The molecule has 4 rings (SSSR count). The molecule has 0 saturated carbocycles. The van der Waals surface area contributed by atoms with Gasteiger partial charge in [-0.3, -0.25) is 18.7 Å². The van der Waals surface area contributed by atoms with Crippen LogP contribution < -0.4 is 10.9 Å². The van der Waals surface area contributed by atoms with Gasteiger partial charge in [0.05, 0.1) is 17.6 Å². The number of fused-ring (bicyclic) bond motifs is 3. The summed E-state index contributed by atoms with van der Waals surface area (Å²) in [6.45, 7) is 2.65. The smallest absolute Gasteiger partial charge is 0.272 e. The van der Waals surface area contributed by atoms with Crippen LogP contribution in [-0.2, 0) is 13.6 Å². The van der Waals surface area contributed by atoms with E-state index in [0.29, 0.717) is 12.3 Å². The minimum absolute atomic E-state index is 0.0348. The monoisotopic (exact) mass is 346 g/mol. The maximum Gasteiger partial charge on any atom is 0.272 e. The van der Waals surface area contributed by atoms with Gasteiger partial charge in [-0.05, 0) is 18.4 Å². The average Bonchev–Trinajstić information content (AvgIpc) is 3.29. The summed E-state index contributed by atoms with van der Waals surface area (Å²) in [5.74, 6) is 1.35. The molecule has 4 aromatic rings. The number of aryl methyl sites for hydroxylation is 1. The van der Waals surface area contributed by atoms with Crippen molar-refractivity contribution in [1.82, 2.24) is 29.5 Å². The molecule has 118 valence electrons. The second-order valence-corrected chi connectivity index (χ2v) is 7.09. The fourth-order valence-corrected chi connectivity index (χ4v) is 4.06. The van der Waals surface area contributed by atoms with Gasteiger partial charge >= 0.3 is 0 Å². The Balaban J connectivity index is 1.75. The van der Waals surface area contributed by atoms with Crippen molar-refractivity contribution in [2.75, 3.05) is 0 Å². The molecule has 1 atom stereocenters. The topological polar surface area (TPSA) is 77.1 Å². The summed E-state index contributed by atoms with van der Waals surface area (Å²) in [4.78, 5) is 17.6. The van der Waals surface area contributed by atoms with Crippen molar-refractivity contribution < 1.29 is 0 Å². The Hall–Kier alpha value is -2.10. The van der Waals surface area contributed by atoms with Gasteiger partial charge in [0, 0.05) is 24.2 Å². The number of thiophene rings is 1. The van der Waals surface area contributed by atoms with Crippen molar-refractivity contribution in [1.29, 1.82) is 0 Å². The van der Waals surface area contributed by atoms with Gasteiger partial charge in [0.1, 0.15) is 4.70 Å². The third-order valence-corrected chi connectivity index (χ3v) is 5.69. The first kappa shape index (κ1) is 14.5. The lowest BCUT2D eigenvalue weighted by Gasteiger charge is -2.11. The van der Waals surface area contributed by atoms with Gasteiger partial charge in [0.25, 0.3) is 5.56 Å². The molecule has 0 bridgehead atoms. The van der Waals surface area contributed by atoms with Crippen LogP contribution >= 0.6 is 22.7 Å². The molecule has 4 aromatic heterocycles. The van der Waals surface area contributed by atoms with E-state index in [1.54, 1.807) is 23.0 Å². The lowest BCUT2D eigenvalue weighted by Crippen LogP contribution is -2.21. The number of thiazole rings is 1. The second kappa shape index (κ2) is 5.52. The first-order chi connectivity index (χ1) is 11.2. The molecule has 0 saturated heterocycles. The van der Waals surface area contributed by atoms with E-state index in [1.165, 1.54) is 16.2 Å². The van der Waals surface area contributed by atoms with E-state index in [-0.39, 0.29) is 11.6 Å². The molecule has 1 N–H and O–H groups in total. The standard InChI is InChI=1S/C14H14N6OS2/c1-8(10-5-15-7-23-10)16-6-11-17-18-14-19(2)13(21)12-9(20(11)14)3-4-22-12/h3-5,7-8,16H,6H2,1-2H3. The average molecular weight is 346 g/mol. The number of nitrogens with one attached hydrogen (secondary N) is 1. The van der Waals surface area contributed by atoms with Crippen molar-refractivity contribution in [3.8, 4) is 0 Å². The van der Waals surface area contributed by atoms with Gasteiger partial charge in [-0.2, -0.15) is 0 Å². The highest BCUT2D eigenvalue weighted by Gasteiger charge is 2.16. The molecule has 7 nitrogen and oxygen atoms in total. The zero-order valence-electron chi connectivity index (χ0n) is 12.6. The van der Waals surface area contributed by atoms with Gasteiger partial charge in [0.2, 0.25) is 5.78 Å². The van der Waals surface area contributed by atoms with Crippen LogP contribution in [0, 0.1) is 0 Å². The molecule has 0 aliphatic carbocycles. The van der Waals surface area contributed by atoms with Gasteiger partial charge < -0.3 is 5.32 Å². The van der Waals surface area contributed by atoms with Gasteiger partial charge in [-0.25, -0.2) is 0 Å². The summed E-state index contributed by atoms with van der Waals surface area (Å²) in [7, 11) is 1.72. The Kier molecular flexibility index (Phi) is 3.47. The predicted molar refractivity (Wildman–Crippen MR) is 91.0 cm³/mol. The first-order valence-corrected chi connectivity index (χ1v) is 8.84. The van der Waals surface area contributed by atoms with E-state index in [0.717, 1.165) is 16.0 Å². The van der Waals surface area contributed by atoms with Gasteiger partial charge in [-0.1, -0.05) is 0 Å². The Morgan fingerprint density at radius 2 is 2.22 bits per heavy atom. The Labute approximate surface area is 139 Å². The molecule has 4 heterocycles. The lowest BCUT2D eigenvalue weighted by atomic mass is 10.3. The van der Waals surface area contributed by atoms with Crippen LogP contribution in [0.4, 0.5) is 0 Å². The highest BCUT2D eigenvalue weighted by Crippen LogP contribution is 2.20. The molecule has 0 spiro atoms. The number of hydrogen-bond acceptors (Lipinski definition) is 7. The van der Waals surface area contributed by atoms with Crippen LogP contribution in [0.2, 0.25) is 0 Å². The molecule has 0 aliphatic heterocycles. The first-order valence-electron chi connectivity index (χ1n) is 7.09. The highest BCUT2D eigenvalue weighted by molar-refractivity contribution is 7.17. The number of hydrogen-bond donors (Lipinski definition) is 1. The molecule has 9 heteroatoms. The molecule has 0 aliphatic rings. The summed E-state index contributed by atoms with van der Waals surface area (Å²) in [6, 6.07) is 2.12. The summed E-state index contributed by atoms with van der Waals surface area (Å²) in [5.41, 5.74) is 2.65. The summed E-state index contributed by atoms with van der Waals surface area (Å²) < 4.78 is 4.21. The van der Waals surface area contributed by atoms with E-state index < -0.39 is 0 Å². The van der Waals surface area contributed by atoms with Crippen molar-refractivity contribution >= 4 is 38.7 Å². The Morgan fingerprint density at radius 3 is 3.00 bits per heavy atom. The molecular formula is C14H14N6OS2. The molecule has 0 amide bonds. The molecule has 0 radical (unpaired) electrons. The summed E-state index contributed by atoms with van der Waals surface area (Å²) in [6.07, 6.45) is 1.87. The maximum absolute atomic E-state index is 12.3. The van der Waals surface area contributed by atoms with Gasteiger partial charge in [-0.15, -0.1) is 32.9 Å². The maximum atomic E-state index is 12.3. The van der Waals surface area contributed by atoms with E-state index in [2.05, 4.69) is 27.4 Å². The van der Waals surface area contributed by atoms with Crippen LogP contribution in [0.15, 0.2) is 27.9 Å². The van der Waals surface area contributed by atoms with Crippen LogP contribution in [-0.4, -0.2) is 24.1 Å². The highest BCUT2D eigenvalue weighted by atomic mass is 32.1. The van der Waals surface area contributed by atoms with Crippen molar-refractivity contribution in [3.63, 3.8) is 0 Å². The van der Waals surface area contributed by atoms with E-state index >= 15 is 0 Å². The molecule has 1 unspecified atom stereocenters. The third-order valence-electron chi connectivity index (χ3n) is 3.84. The minimum Gasteiger partial charge on any atom is -0.302 e. The quantitative estimate of drug-likeness (QED) is 0.611. The van der Waals surface area contributed by atoms with Crippen LogP contribution in [0.1, 0.15) is 23.7 Å². The minimum atomic E-state index is -0.0348. The number of rotatable bonds is 4. The predicted octanol–water partition coefficient (Wildman–Crippen LogP) is 1.95. The number of nitrogens with zero attached hydrogens (tertiary/aromatic N) is 5. The second-order valence-electron chi connectivity index (χ2n) is 5.26. The summed E-state index contributed by atoms with van der Waals surface area (Å²) in [5, 5.41) is 13.8. The number of aromatic nitrogens is 5. The van der Waals surface area contributed by atoms with Crippen molar-refractivity contribution in [2.45, 2.75) is 19.5 Å². The van der Waals surface area contributed by atoms with Crippen LogP contribution in [0.3, 0.4) is 0 Å². The fourth-order valence-electron chi connectivity index (χ4n) is 2.55. The largest absolute Gasteiger partial charge is 0.302 e. The van der Waals surface area contributed by atoms with Crippen LogP contribution in [0.25, 0.3) is 16.0 Å². The van der Waals surface area contributed by atoms with E-state index in [4.69, 9.17) is 0 Å². The van der Waals surface area contributed by atoms with E-state index in [1.807, 2.05) is 27.6 Å². The zero-order chi connectivity index (χ0) is 16.0. The van der Waals surface area contributed by atoms with E-state index in [9.17, 15) is 4.79 Å². The molecule has 23 heavy (non-hydrogen) atoms. The summed E-state index contributed by atoms with van der Waals surface area (Å²) >= 11 is 3.06.